The Morgan fingerprint density at radius 2 is 2.07 bits per heavy atom. The van der Waals surface area contributed by atoms with Gasteiger partial charge in [0.25, 0.3) is 0 Å². The highest BCUT2D eigenvalue weighted by Crippen LogP contribution is 2.16. The monoisotopic (exact) mass is 211 g/mol. The number of anilines is 3. The number of benzene rings is 1. The molecule has 0 aliphatic rings. The number of nitrogens with one attached hydrogen (secondary N) is 2. The minimum atomic E-state index is -0.941. The molecule has 1 aromatic heterocycles. The van der Waals surface area contributed by atoms with Crippen molar-refractivity contribution < 1.29 is 8.78 Å². The van der Waals surface area contributed by atoms with Gasteiger partial charge >= 0.3 is 0 Å². The third-order valence-corrected chi connectivity index (χ3v) is 1.68. The summed E-state index contributed by atoms with van der Waals surface area (Å²) in [4.78, 5) is 3.74. The van der Waals surface area contributed by atoms with Crippen molar-refractivity contribution in [1.29, 1.82) is 0 Å². The van der Waals surface area contributed by atoms with Gasteiger partial charge in [0.1, 0.15) is 0 Å². The number of hydrogen-bond donors (Lipinski definition) is 3. The van der Waals surface area contributed by atoms with Crippen LogP contribution < -0.4 is 11.1 Å². The highest BCUT2D eigenvalue weighted by atomic mass is 19.2. The summed E-state index contributed by atoms with van der Waals surface area (Å²) in [6, 6.07) is 3.38. The van der Waals surface area contributed by atoms with Gasteiger partial charge < -0.3 is 11.1 Å². The van der Waals surface area contributed by atoms with Crippen molar-refractivity contribution in [2.45, 2.75) is 0 Å². The molecular formula is C8H7F2N5. The molecule has 0 aliphatic heterocycles. The molecular weight excluding hydrogens is 204 g/mol. The molecule has 0 spiro atoms. The van der Waals surface area contributed by atoms with Gasteiger partial charge in [0.05, 0.1) is 0 Å². The van der Waals surface area contributed by atoms with Crippen molar-refractivity contribution in [3.05, 3.63) is 29.8 Å². The second-order valence-electron chi connectivity index (χ2n) is 2.80. The van der Waals surface area contributed by atoms with Gasteiger partial charge in [-0.3, -0.25) is 0 Å². The zero-order valence-corrected chi connectivity index (χ0v) is 7.46. The highest BCUT2D eigenvalue weighted by molar-refractivity contribution is 5.53. The fourth-order valence-corrected chi connectivity index (χ4v) is 1.03. The molecule has 0 atom stereocenters. The van der Waals surface area contributed by atoms with Gasteiger partial charge in [-0.05, 0) is 12.1 Å². The van der Waals surface area contributed by atoms with Crippen molar-refractivity contribution >= 4 is 17.6 Å². The van der Waals surface area contributed by atoms with Gasteiger partial charge in [-0.1, -0.05) is 0 Å². The van der Waals surface area contributed by atoms with E-state index in [0.717, 1.165) is 12.1 Å². The fourth-order valence-electron chi connectivity index (χ4n) is 1.03. The van der Waals surface area contributed by atoms with Gasteiger partial charge in [0, 0.05) is 11.8 Å². The van der Waals surface area contributed by atoms with Gasteiger partial charge in [0.2, 0.25) is 11.9 Å². The number of nitrogens with two attached hydrogens (primary N) is 1. The van der Waals surface area contributed by atoms with Crippen LogP contribution in [0.25, 0.3) is 0 Å². The van der Waals surface area contributed by atoms with Crippen molar-refractivity contribution in [1.82, 2.24) is 15.2 Å². The topological polar surface area (TPSA) is 79.6 Å². The summed E-state index contributed by atoms with van der Waals surface area (Å²) in [7, 11) is 0. The number of nitrogen functional groups attached to an aromatic ring is 1. The van der Waals surface area contributed by atoms with E-state index in [1.165, 1.54) is 6.07 Å². The normalized spacial score (nSPS) is 10.3. The summed E-state index contributed by atoms with van der Waals surface area (Å²) < 4.78 is 25.4. The largest absolute Gasteiger partial charge is 0.368 e. The van der Waals surface area contributed by atoms with Gasteiger partial charge in [-0.25, -0.2) is 13.9 Å². The number of aromatic amines is 1. The van der Waals surface area contributed by atoms with Gasteiger partial charge in [-0.2, -0.15) is 4.98 Å². The first-order valence-corrected chi connectivity index (χ1v) is 4.05. The van der Waals surface area contributed by atoms with Crippen LogP contribution in [0.4, 0.5) is 26.4 Å². The molecule has 7 heteroatoms. The lowest BCUT2D eigenvalue weighted by atomic mass is 10.3. The number of rotatable bonds is 2. The third kappa shape index (κ3) is 2.01. The minimum absolute atomic E-state index is 0.139. The Morgan fingerprint density at radius 3 is 2.67 bits per heavy atom. The molecule has 0 radical (unpaired) electrons. The van der Waals surface area contributed by atoms with Crippen LogP contribution in [0.3, 0.4) is 0 Å². The van der Waals surface area contributed by atoms with Crippen LogP contribution in [0, 0.1) is 11.6 Å². The van der Waals surface area contributed by atoms with Crippen LogP contribution in [0.15, 0.2) is 18.2 Å². The molecule has 1 heterocycles. The summed E-state index contributed by atoms with van der Waals surface area (Å²) in [6.45, 7) is 0. The molecule has 2 rings (SSSR count). The summed E-state index contributed by atoms with van der Waals surface area (Å²) in [5, 5.41) is 8.73. The van der Waals surface area contributed by atoms with E-state index in [2.05, 4.69) is 20.5 Å². The van der Waals surface area contributed by atoms with Crippen LogP contribution in [0.1, 0.15) is 0 Å². The van der Waals surface area contributed by atoms with E-state index in [4.69, 9.17) is 5.73 Å². The summed E-state index contributed by atoms with van der Waals surface area (Å²) in [5.74, 6) is -1.52. The SMILES string of the molecule is Nc1nc(Nc2ccc(F)c(F)c2)n[nH]1. The van der Waals surface area contributed by atoms with Crippen LogP contribution >= 0.6 is 0 Å². The lowest BCUT2D eigenvalue weighted by Crippen LogP contribution is -1.94. The standard InChI is InChI=1S/C8H7F2N5/c9-5-2-1-4(3-6(5)10)12-8-13-7(11)14-15-8/h1-3H,(H4,11,12,13,14,15). The third-order valence-electron chi connectivity index (χ3n) is 1.68. The van der Waals surface area contributed by atoms with E-state index < -0.39 is 11.6 Å². The Hall–Kier alpha value is -2.18. The number of halogens is 2. The maximum Gasteiger partial charge on any atom is 0.248 e. The van der Waals surface area contributed by atoms with E-state index in [1.807, 2.05) is 0 Å². The number of hydrogen-bond acceptors (Lipinski definition) is 4. The molecule has 0 bridgehead atoms. The predicted molar refractivity (Wildman–Crippen MR) is 50.4 cm³/mol. The average molecular weight is 211 g/mol. The number of H-pyrrole nitrogens is 1. The predicted octanol–water partition coefficient (Wildman–Crippen LogP) is 1.41. The van der Waals surface area contributed by atoms with Gasteiger partial charge in [-0.15, -0.1) is 5.10 Å². The molecule has 15 heavy (non-hydrogen) atoms. The first kappa shape index (κ1) is 9.38. The van der Waals surface area contributed by atoms with Crippen LogP contribution in [0.5, 0.6) is 0 Å². The number of aromatic nitrogens is 3. The molecule has 2 aromatic rings. The van der Waals surface area contributed by atoms with E-state index in [-0.39, 0.29) is 11.9 Å². The lowest BCUT2D eigenvalue weighted by molar-refractivity contribution is 0.509. The molecule has 5 nitrogen and oxygen atoms in total. The van der Waals surface area contributed by atoms with E-state index in [9.17, 15) is 8.78 Å². The Labute approximate surface area is 83.3 Å². The zero-order valence-electron chi connectivity index (χ0n) is 7.46. The Kier molecular flexibility index (Phi) is 2.20. The summed E-state index contributed by atoms with van der Waals surface area (Å²) >= 11 is 0. The molecule has 0 saturated heterocycles. The first-order chi connectivity index (χ1) is 7.15. The Morgan fingerprint density at radius 1 is 1.27 bits per heavy atom. The van der Waals surface area contributed by atoms with Crippen LogP contribution in [-0.4, -0.2) is 15.2 Å². The Bertz CT molecular complexity index is 482. The van der Waals surface area contributed by atoms with E-state index >= 15 is 0 Å². The van der Waals surface area contributed by atoms with Crippen molar-refractivity contribution in [3.63, 3.8) is 0 Å². The molecule has 0 saturated carbocycles. The average Bonchev–Trinajstić information content (AvgIpc) is 2.58. The van der Waals surface area contributed by atoms with E-state index in [0.29, 0.717) is 5.69 Å². The molecule has 78 valence electrons. The zero-order chi connectivity index (χ0) is 10.8. The summed E-state index contributed by atoms with van der Waals surface area (Å²) in [5.41, 5.74) is 5.62. The van der Waals surface area contributed by atoms with Gasteiger partial charge in [0.15, 0.2) is 11.6 Å². The maximum absolute atomic E-state index is 12.8. The fraction of sp³-hybridized carbons (Fsp3) is 0. The maximum atomic E-state index is 12.8. The van der Waals surface area contributed by atoms with Crippen molar-refractivity contribution in [2.75, 3.05) is 11.1 Å². The molecule has 0 unspecified atom stereocenters. The first-order valence-electron chi connectivity index (χ1n) is 4.05. The smallest absolute Gasteiger partial charge is 0.248 e. The highest BCUT2D eigenvalue weighted by Gasteiger charge is 2.04. The molecule has 0 aliphatic carbocycles. The van der Waals surface area contributed by atoms with Crippen LogP contribution in [-0.2, 0) is 0 Å². The second-order valence-corrected chi connectivity index (χ2v) is 2.80. The van der Waals surface area contributed by atoms with Crippen molar-refractivity contribution in [3.8, 4) is 0 Å². The molecule has 1 aromatic carbocycles. The van der Waals surface area contributed by atoms with Crippen LogP contribution in [0.2, 0.25) is 0 Å². The minimum Gasteiger partial charge on any atom is -0.368 e. The second kappa shape index (κ2) is 3.52. The molecule has 0 fully saturated rings. The number of nitrogens with zero attached hydrogens (tertiary/aromatic N) is 2. The molecule has 0 amide bonds. The lowest BCUT2D eigenvalue weighted by Gasteiger charge is -2.01. The summed E-state index contributed by atoms with van der Waals surface area (Å²) in [6.07, 6.45) is 0. The van der Waals surface area contributed by atoms with E-state index in [1.54, 1.807) is 0 Å². The molecule has 4 N–H and O–H groups in total. The quantitative estimate of drug-likeness (QED) is 0.701. The van der Waals surface area contributed by atoms with Crippen molar-refractivity contribution in [2.24, 2.45) is 0 Å². The Balaban J connectivity index is 2.21.